The van der Waals surface area contributed by atoms with Crippen LogP contribution in [0.15, 0.2) is 42.6 Å². The van der Waals surface area contributed by atoms with Crippen molar-refractivity contribution < 1.29 is 14.0 Å². The molecule has 0 unspecified atom stereocenters. The highest BCUT2D eigenvalue weighted by atomic mass is 19.1. The lowest BCUT2D eigenvalue weighted by Crippen LogP contribution is -2.26. The summed E-state index contributed by atoms with van der Waals surface area (Å²) in [5.74, 6) is -0.692. The van der Waals surface area contributed by atoms with Gasteiger partial charge < -0.3 is 10.6 Å². The molecule has 2 amide bonds. The number of halogens is 1. The Morgan fingerprint density at radius 1 is 1.17 bits per heavy atom. The summed E-state index contributed by atoms with van der Waals surface area (Å²) in [6.45, 7) is 2.02. The summed E-state index contributed by atoms with van der Waals surface area (Å²) in [6.07, 6.45) is 1.94. The van der Waals surface area contributed by atoms with Gasteiger partial charge in [0.15, 0.2) is 0 Å². The molecule has 0 radical (unpaired) electrons. The fraction of sp³-hybridized carbons (Fsp3) is 0.235. The van der Waals surface area contributed by atoms with Crippen LogP contribution in [0.4, 0.5) is 4.39 Å². The first kappa shape index (κ1) is 16.6. The summed E-state index contributed by atoms with van der Waals surface area (Å²) in [5.41, 5.74) is 1.62. The Morgan fingerprint density at radius 3 is 2.70 bits per heavy atom. The average Bonchev–Trinajstić information content (AvgIpc) is 2.55. The fourth-order valence-electron chi connectivity index (χ4n) is 2.05. The van der Waals surface area contributed by atoms with Crippen molar-refractivity contribution in [2.24, 2.45) is 0 Å². The molecule has 2 N–H and O–H groups in total. The Kier molecular flexibility index (Phi) is 5.80. The van der Waals surface area contributed by atoms with Crippen LogP contribution >= 0.6 is 0 Å². The maximum atomic E-state index is 13.5. The first-order valence-electron chi connectivity index (χ1n) is 7.27. The molecule has 1 heterocycles. The van der Waals surface area contributed by atoms with Crippen molar-refractivity contribution >= 4 is 11.8 Å². The molecule has 1 aromatic carbocycles. The smallest absolute Gasteiger partial charge is 0.251 e. The molecule has 0 bridgehead atoms. The lowest BCUT2D eigenvalue weighted by atomic mass is 10.1. The number of hydrogen-bond donors (Lipinski definition) is 2. The molecule has 2 aromatic rings. The SMILES string of the molecule is CC(=O)NCc1cc(C(=O)NCCc2ccccc2F)ccn1. The second-order valence-electron chi connectivity index (χ2n) is 5.04. The molecule has 23 heavy (non-hydrogen) atoms. The van der Waals surface area contributed by atoms with E-state index >= 15 is 0 Å². The highest BCUT2D eigenvalue weighted by Crippen LogP contribution is 2.07. The standard InChI is InChI=1S/C17H18FN3O2/c1-12(22)21-11-15-10-14(7-8-19-15)17(23)20-9-6-13-4-2-3-5-16(13)18/h2-5,7-8,10H,6,9,11H2,1H3,(H,20,23)(H,21,22). The monoisotopic (exact) mass is 315 g/mol. The third-order valence-corrected chi connectivity index (χ3v) is 3.23. The van der Waals surface area contributed by atoms with Crippen LogP contribution in [0.5, 0.6) is 0 Å². The van der Waals surface area contributed by atoms with Crippen molar-refractivity contribution in [2.45, 2.75) is 19.9 Å². The van der Waals surface area contributed by atoms with Crippen molar-refractivity contribution in [3.63, 3.8) is 0 Å². The molecule has 0 spiro atoms. The minimum atomic E-state index is -0.275. The molecule has 2 rings (SSSR count). The van der Waals surface area contributed by atoms with Gasteiger partial charge in [-0.3, -0.25) is 14.6 Å². The molecule has 0 aliphatic carbocycles. The minimum absolute atomic E-state index is 0.161. The lowest BCUT2D eigenvalue weighted by molar-refractivity contribution is -0.119. The van der Waals surface area contributed by atoms with E-state index in [1.807, 2.05) is 0 Å². The second kappa shape index (κ2) is 8.03. The molecule has 0 saturated heterocycles. The zero-order valence-corrected chi connectivity index (χ0v) is 12.8. The van der Waals surface area contributed by atoms with Gasteiger partial charge in [0.25, 0.3) is 5.91 Å². The molecular formula is C17H18FN3O2. The molecule has 5 nitrogen and oxygen atoms in total. The normalized spacial score (nSPS) is 10.2. The number of carbonyl (C=O) groups excluding carboxylic acids is 2. The maximum Gasteiger partial charge on any atom is 0.251 e. The molecule has 120 valence electrons. The number of carbonyl (C=O) groups is 2. The van der Waals surface area contributed by atoms with Gasteiger partial charge in [-0.1, -0.05) is 18.2 Å². The molecule has 0 aliphatic heterocycles. The molecule has 0 fully saturated rings. The van der Waals surface area contributed by atoms with Crippen LogP contribution in [0.2, 0.25) is 0 Å². The first-order valence-corrected chi connectivity index (χ1v) is 7.27. The molecule has 0 atom stereocenters. The number of aromatic nitrogens is 1. The van der Waals surface area contributed by atoms with Crippen LogP contribution in [-0.2, 0) is 17.8 Å². The summed E-state index contributed by atoms with van der Waals surface area (Å²) >= 11 is 0. The Hall–Kier alpha value is -2.76. The average molecular weight is 315 g/mol. The van der Waals surface area contributed by atoms with E-state index in [9.17, 15) is 14.0 Å². The van der Waals surface area contributed by atoms with Crippen LogP contribution < -0.4 is 10.6 Å². The van der Waals surface area contributed by atoms with Crippen LogP contribution in [0.1, 0.15) is 28.5 Å². The second-order valence-corrected chi connectivity index (χ2v) is 5.04. The maximum absolute atomic E-state index is 13.5. The van der Waals surface area contributed by atoms with Crippen molar-refractivity contribution in [1.82, 2.24) is 15.6 Å². The predicted octanol–water partition coefficient (Wildman–Crippen LogP) is 1.83. The van der Waals surface area contributed by atoms with Gasteiger partial charge in [0.2, 0.25) is 5.91 Å². The topological polar surface area (TPSA) is 71.1 Å². The largest absolute Gasteiger partial charge is 0.352 e. The Labute approximate surface area is 133 Å². The summed E-state index contributed by atoms with van der Waals surface area (Å²) in [4.78, 5) is 27.1. The van der Waals surface area contributed by atoms with Crippen molar-refractivity contribution in [3.05, 3.63) is 65.2 Å². The minimum Gasteiger partial charge on any atom is -0.352 e. The number of amides is 2. The van der Waals surface area contributed by atoms with Gasteiger partial charge in [-0.05, 0) is 30.2 Å². The number of pyridine rings is 1. The van der Waals surface area contributed by atoms with Gasteiger partial charge >= 0.3 is 0 Å². The third-order valence-electron chi connectivity index (χ3n) is 3.23. The predicted molar refractivity (Wildman–Crippen MR) is 84.2 cm³/mol. The molecule has 1 aromatic heterocycles. The third kappa shape index (κ3) is 5.18. The van der Waals surface area contributed by atoms with E-state index in [2.05, 4.69) is 15.6 Å². The summed E-state index contributed by atoms with van der Waals surface area (Å²) in [7, 11) is 0. The molecular weight excluding hydrogens is 297 g/mol. The zero-order chi connectivity index (χ0) is 16.7. The van der Waals surface area contributed by atoms with Crippen molar-refractivity contribution in [2.75, 3.05) is 6.54 Å². The van der Waals surface area contributed by atoms with Crippen LogP contribution in [0.3, 0.4) is 0 Å². The van der Waals surface area contributed by atoms with Crippen LogP contribution in [-0.4, -0.2) is 23.3 Å². The van der Waals surface area contributed by atoms with Crippen LogP contribution in [0.25, 0.3) is 0 Å². The number of rotatable bonds is 6. The van der Waals surface area contributed by atoms with E-state index in [0.717, 1.165) is 0 Å². The molecule has 6 heteroatoms. The van der Waals surface area contributed by atoms with E-state index in [1.165, 1.54) is 19.2 Å². The number of hydrogen-bond acceptors (Lipinski definition) is 3. The quantitative estimate of drug-likeness (QED) is 0.854. The summed E-state index contributed by atoms with van der Waals surface area (Å²) in [5, 5.41) is 5.37. The highest BCUT2D eigenvalue weighted by molar-refractivity contribution is 5.94. The molecule has 0 saturated carbocycles. The number of benzene rings is 1. The van der Waals surface area contributed by atoms with Gasteiger partial charge in [0.05, 0.1) is 12.2 Å². The van der Waals surface area contributed by atoms with Gasteiger partial charge in [-0.15, -0.1) is 0 Å². The van der Waals surface area contributed by atoms with E-state index in [-0.39, 0.29) is 24.2 Å². The van der Waals surface area contributed by atoms with E-state index in [4.69, 9.17) is 0 Å². The Balaban J connectivity index is 1.89. The van der Waals surface area contributed by atoms with Gasteiger partial charge in [0, 0.05) is 25.2 Å². The first-order chi connectivity index (χ1) is 11.1. The van der Waals surface area contributed by atoms with Gasteiger partial charge in [0.1, 0.15) is 5.82 Å². The Morgan fingerprint density at radius 2 is 1.96 bits per heavy atom. The van der Waals surface area contributed by atoms with Gasteiger partial charge in [-0.2, -0.15) is 0 Å². The van der Waals surface area contributed by atoms with Crippen molar-refractivity contribution in [1.29, 1.82) is 0 Å². The summed E-state index contributed by atoms with van der Waals surface area (Å²) in [6, 6.07) is 9.69. The Bertz CT molecular complexity index is 704. The zero-order valence-electron chi connectivity index (χ0n) is 12.8. The van der Waals surface area contributed by atoms with E-state index in [1.54, 1.807) is 30.3 Å². The van der Waals surface area contributed by atoms with E-state index in [0.29, 0.717) is 29.8 Å². The van der Waals surface area contributed by atoms with Crippen LogP contribution in [0, 0.1) is 5.82 Å². The van der Waals surface area contributed by atoms with Gasteiger partial charge in [-0.25, -0.2) is 4.39 Å². The fourth-order valence-corrected chi connectivity index (χ4v) is 2.05. The highest BCUT2D eigenvalue weighted by Gasteiger charge is 2.08. The van der Waals surface area contributed by atoms with E-state index < -0.39 is 0 Å². The van der Waals surface area contributed by atoms with Crippen molar-refractivity contribution in [3.8, 4) is 0 Å². The number of nitrogens with one attached hydrogen (secondary N) is 2. The summed E-state index contributed by atoms with van der Waals surface area (Å²) < 4.78 is 13.5. The lowest BCUT2D eigenvalue weighted by Gasteiger charge is -2.07. The number of nitrogens with zero attached hydrogens (tertiary/aromatic N) is 1. The molecule has 0 aliphatic rings.